The maximum absolute atomic E-state index is 14.0. The van der Waals surface area contributed by atoms with Crippen molar-refractivity contribution in [2.24, 2.45) is 0 Å². The molecule has 1 amide bonds. The fourth-order valence-corrected chi connectivity index (χ4v) is 3.57. The Hall–Kier alpha value is -2.48. The molecule has 1 aliphatic rings. The van der Waals surface area contributed by atoms with Crippen molar-refractivity contribution in [3.8, 4) is 0 Å². The van der Waals surface area contributed by atoms with Crippen molar-refractivity contribution < 1.29 is 18.5 Å². The molecule has 0 unspecified atom stereocenters. The largest absolute Gasteiger partial charge is 0.290 e. The van der Waals surface area contributed by atoms with Crippen LogP contribution in [0.2, 0.25) is 0 Å². The molecule has 0 aliphatic carbocycles. The van der Waals surface area contributed by atoms with E-state index in [0.29, 0.717) is 5.56 Å². The Morgan fingerprint density at radius 3 is 2.48 bits per heavy atom. The zero-order valence-electron chi connectivity index (χ0n) is 11.6. The molecule has 1 atom stereocenters. The van der Waals surface area contributed by atoms with E-state index in [1.807, 2.05) is 0 Å². The summed E-state index contributed by atoms with van der Waals surface area (Å²) in [5.74, 6) is -2.11. The van der Waals surface area contributed by atoms with Crippen LogP contribution < -0.4 is 4.90 Å². The lowest BCUT2D eigenvalue weighted by atomic mass is 10.1. The Morgan fingerprint density at radius 1 is 1.17 bits per heavy atom. The Balaban J connectivity index is 2.07. The van der Waals surface area contributed by atoms with Crippen molar-refractivity contribution in [3.05, 3.63) is 69.8 Å². The summed E-state index contributed by atoms with van der Waals surface area (Å²) in [5.41, 5.74) is -0.131. The van der Waals surface area contributed by atoms with E-state index >= 15 is 0 Å². The van der Waals surface area contributed by atoms with Gasteiger partial charge in [0.25, 0.3) is 5.69 Å². The van der Waals surface area contributed by atoms with Gasteiger partial charge in [-0.1, -0.05) is 18.2 Å². The van der Waals surface area contributed by atoms with Gasteiger partial charge in [-0.3, -0.25) is 19.8 Å². The highest BCUT2D eigenvalue weighted by Gasteiger charge is 2.37. The Bertz CT molecular complexity index is 780. The van der Waals surface area contributed by atoms with Crippen LogP contribution in [0.15, 0.2) is 42.5 Å². The fourth-order valence-electron chi connectivity index (χ4n) is 2.42. The summed E-state index contributed by atoms with van der Waals surface area (Å²) in [6.45, 7) is 0. The first-order chi connectivity index (χ1) is 11.0. The van der Waals surface area contributed by atoms with E-state index in [1.54, 1.807) is 6.07 Å². The SMILES string of the molecule is O=C1CS[C@@H](c2cccc([N+](=O)[O-])c2)N1c1c(F)cccc1F. The number of hydrogen-bond donors (Lipinski definition) is 0. The Morgan fingerprint density at radius 2 is 1.83 bits per heavy atom. The average Bonchev–Trinajstić information content (AvgIpc) is 2.89. The number of carbonyl (C=O) groups excluding carboxylic acids is 1. The van der Waals surface area contributed by atoms with Gasteiger partial charge in [-0.15, -0.1) is 11.8 Å². The molecule has 1 heterocycles. The molecule has 3 rings (SSSR count). The first-order valence-electron chi connectivity index (χ1n) is 6.61. The van der Waals surface area contributed by atoms with Gasteiger partial charge in [-0.25, -0.2) is 8.78 Å². The van der Waals surface area contributed by atoms with Gasteiger partial charge >= 0.3 is 0 Å². The summed E-state index contributed by atoms with van der Waals surface area (Å²) in [7, 11) is 0. The summed E-state index contributed by atoms with van der Waals surface area (Å²) in [4.78, 5) is 23.5. The summed E-state index contributed by atoms with van der Waals surface area (Å²) in [5, 5.41) is 10.2. The predicted molar refractivity (Wildman–Crippen MR) is 82.1 cm³/mol. The third-order valence-electron chi connectivity index (χ3n) is 3.41. The summed E-state index contributed by atoms with van der Waals surface area (Å²) in [6.07, 6.45) is 0. The normalized spacial score (nSPS) is 17.6. The molecule has 8 heteroatoms. The summed E-state index contributed by atoms with van der Waals surface area (Å²) < 4.78 is 28.0. The number of anilines is 1. The number of hydrogen-bond acceptors (Lipinski definition) is 4. The molecule has 23 heavy (non-hydrogen) atoms. The molecule has 2 aromatic rings. The van der Waals surface area contributed by atoms with Gasteiger partial charge in [0.2, 0.25) is 5.91 Å². The van der Waals surface area contributed by atoms with Gasteiger partial charge in [0.05, 0.1) is 10.7 Å². The van der Waals surface area contributed by atoms with Crippen LogP contribution in [0.25, 0.3) is 0 Å². The number of nitro benzene ring substituents is 1. The van der Waals surface area contributed by atoms with Gasteiger partial charge in [-0.2, -0.15) is 0 Å². The maximum Gasteiger partial charge on any atom is 0.269 e. The first kappa shape index (κ1) is 15.4. The quantitative estimate of drug-likeness (QED) is 0.634. The van der Waals surface area contributed by atoms with Crippen molar-refractivity contribution in [1.82, 2.24) is 0 Å². The van der Waals surface area contributed by atoms with Crippen LogP contribution in [0, 0.1) is 21.7 Å². The number of non-ortho nitro benzene ring substituents is 1. The number of benzene rings is 2. The highest BCUT2D eigenvalue weighted by atomic mass is 32.2. The predicted octanol–water partition coefficient (Wildman–Crippen LogP) is 3.65. The lowest BCUT2D eigenvalue weighted by molar-refractivity contribution is -0.384. The highest BCUT2D eigenvalue weighted by Crippen LogP contribution is 2.43. The summed E-state index contributed by atoms with van der Waals surface area (Å²) in [6, 6.07) is 9.05. The van der Waals surface area contributed by atoms with E-state index in [0.717, 1.165) is 28.8 Å². The molecule has 0 aromatic heterocycles. The van der Waals surface area contributed by atoms with Crippen molar-refractivity contribution >= 4 is 29.0 Å². The number of amides is 1. The molecule has 0 spiro atoms. The molecule has 5 nitrogen and oxygen atoms in total. The number of halogens is 2. The number of nitro groups is 1. The average molecular weight is 336 g/mol. The van der Waals surface area contributed by atoms with Gasteiger partial charge < -0.3 is 0 Å². The van der Waals surface area contributed by atoms with E-state index in [9.17, 15) is 23.7 Å². The van der Waals surface area contributed by atoms with Crippen molar-refractivity contribution in [2.45, 2.75) is 5.37 Å². The van der Waals surface area contributed by atoms with Crippen LogP contribution in [0.3, 0.4) is 0 Å². The molecule has 118 valence electrons. The van der Waals surface area contributed by atoms with Gasteiger partial charge in [-0.05, 0) is 17.7 Å². The van der Waals surface area contributed by atoms with E-state index in [1.165, 1.54) is 24.3 Å². The summed E-state index contributed by atoms with van der Waals surface area (Å²) >= 11 is 1.16. The van der Waals surface area contributed by atoms with E-state index in [4.69, 9.17) is 0 Å². The second kappa shape index (κ2) is 5.96. The molecule has 1 aliphatic heterocycles. The number of thioether (sulfide) groups is 1. The second-order valence-electron chi connectivity index (χ2n) is 4.85. The zero-order valence-corrected chi connectivity index (χ0v) is 12.4. The molecule has 0 radical (unpaired) electrons. The molecule has 0 N–H and O–H groups in total. The molecule has 2 aromatic carbocycles. The molecular weight excluding hydrogens is 326 g/mol. The van der Waals surface area contributed by atoms with Crippen LogP contribution >= 0.6 is 11.8 Å². The molecule has 1 saturated heterocycles. The lowest BCUT2D eigenvalue weighted by Crippen LogP contribution is -2.29. The minimum atomic E-state index is -0.851. The number of para-hydroxylation sites is 1. The van der Waals surface area contributed by atoms with Crippen LogP contribution in [-0.2, 0) is 4.79 Å². The van der Waals surface area contributed by atoms with E-state index < -0.39 is 33.5 Å². The first-order valence-corrected chi connectivity index (χ1v) is 7.66. The monoisotopic (exact) mass is 336 g/mol. The van der Waals surface area contributed by atoms with Crippen molar-refractivity contribution in [2.75, 3.05) is 10.7 Å². The number of nitrogens with zero attached hydrogens (tertiary/aromatic N) is 2. The van der Waals surface area contributed by atoms with Gasteiger partial charge in [0.15, 0.2) is 0 Å². The van der Waals surface area contributed by atoms with Gasteiger partial charge in [0.1, 0.15) is 22.7 Å². The van der Waals surface area contributed by atoms with E-state index in [-0.39, 0.29) is 11.4 Å². The van der Waals surface area contributed by atoms with Crippen LogP contribution in [-0.4, -0.2) is 16.6 Å². The molecule has 0 bridgehead atoms. The topological polar surface area (TPSA) is 63.4 Å². The number of rotatable bonds is 3. The lowest BCUT2D eigenvalue weighted by Gasteiger charge is -2.25. The minimum Gasteiger partial charge on any atom is -0.290 e. The van der Waals surface area contributed by atoms with Crippen molar-refractivity contribution in [3.63, 3.8) is 0 Å². The van der Waals surface area contributed by atoms with Crippen molar-refractivity contribution in [1.29, 1.82) is 0 Å². The third kappa shape index (κ3) is 2.77. The molecule has 0 saturated carbocycles. The highest BCUT2D eigenvalue weighted by molar-refractivity contribution is 8.00. The minimum absolute atomic E-state index is 0.0428. The Labute approximate surface area is 134 Å². The number of carbonyl (C=O) groups is 1. The molecular formula is C15H10F2N2O3S. The maximum atomic E-state index is 14.0. The van der Waals surface area contributed by atoms with E-state index in [2.05, 4.69) is 0 Å². The van der Waals surface area contributed by atoms with Crippen LogP contribution in [0.5, 0.6) is 0 Å². The Kier molecular flexibility index (Phi) is 3.99. The third-order valence-corrected chi connectivity index (χ3v) is 4.62. The standard InChI is InChI=1S/C15H10F2N2O3S/c16-11-5-2-6-12(17)14(11)18-13(20)8-23-15(18)9-3-1-4-10(7-9)19(21)22/h1-7,15H,8H2/t15-/m0/s1. The molecule has 1 fully saturated rings. The van der Waals surface area contributed by atoms with Crippen LogP contribution in [0.4, 0.5) is 20.2 Å². The smallest absolute Gasteiger partial charge is 0.269 e. The fraction of sp³-hybridized carbons (Fsp3) is 0.133. The van der Waals surface area contributed by atoms with Crippen LogP contribution in [0.1, 0.15) is 10.9 Å². The zero-order chi connectivity index (χ0) is 16.6. The van der Waals surface area contributed by atoms with Gasteiger partial charge in [0, 0.05) is 12.1 Å². The second-order valence-corrected chi connectivity index (χ2v) is 5.92.